The van der Waals surface area contributed by atoms with Crippen LogP contribution in [-0.4, -0.2) is 51.0 Å². The van der Waals surface area contributed by atoms with E-state index in [1.807, 2.05) is 14.0 Å². The molecule has 6 nitrogen and oxygen atoms in total. The maximum atomic E-state index is 13.0. The number of aryl methyl sites for hydroxylation is 1. The van der Waals surface area contributed by atoms with Crippen molar-refractivity contribution < 1.29 is 36.2 Å². The van der Waals surface area contributed by atoms with Crippen LogP contribution >= 0.6 is 0 Å². The van der Waals surface area contributed by atoms with Gasteiger partial charge in [-0.15, -0.1) is 6.42 Å². The number of hydrogen-bond donors (Lipinski definition) is 1. The number of benzene rings is 2. The van der Waals surface area contributed by atoms with Gasteiger partial charge in [-0.25, -0.2) is 0 Å². The molecule has 1 fully saturated rings. The minimum absolute atomic E-state index is 0. The Morgan fingerprint density at radius 2 is 1.71 bits per heavy atom. The van der Waals surface area contributed by atoms with Crippen molar-refractivity contribution in [3.8, 4) is 18.1 Å². The van der Waals surface area contributed by atoms with Gasteiger partial charge < -0.3 is 14.8 Å². The van der Waals surface area contributed by atoms with E-state index in [1.165, 1.54) is 35.2 Å². The lowest BCUT2D eigenvalue weighted by molar-refractivity contribution is -0.360. The van der Waals surface area contributed by atoms with Crippen molar-refractivity contribution in [3.05, 3.63) is 70.8 Å². The summed E-state index contributed by atoms with van der Waals surface area (Å²) in [6.07, 6.45) is 5.40. The molecule has 1 N–H and O–H groups in total. The van der Waals surface area contributed by atoms with Crippen LogP contribution in [-0.2, 0) is 16.1 Å². The summed E-state index contributed by atoms with van der Waals surface area (Å²) in [5.41, 5.74) is 5.76. The number of nitrogens with zero attached hydrogens (tertiary/aromatic N) is 2. The number of allylic oxidation sites excluding steroid dienone is 2. The Balaban J connectivity index is 0.000000522. The summed E-state index contributed by atoms with van der Waals surface area (Å²) >= 11 is 0. The number of halogens is 5. The number of hydrazone groups is 1. The fraction of sp³-hybridized carbons (Fsp3) is 0.561. The molecular formula is C41H58F5N3O3. The fourth-order valence-electron chi connectivity index (χ4n) is 5.93. The van der Waals surface area contributed by atoms with Gasteiger partial charge in [0.25, 0.3) is 0 Å². The number of hydrogen-bond acceptors (Lipinski definition) is 6. The molecule has 11 heteroatoms. The van der Waals surface area contributed by atoms with Crippen LogP contribution in [0.1, 0.15) is 109 Å². The smallest absolute Gasteiger partial charge is 0.426 e. The molecule has 2 atom stereocenters. The van der Waals surface area contributed by atoms with Gasteiger partial charge in [0.05, 0.1) is 12.3 Å². The third kappa shape index (κ3) is 14.7. The first kappa shape index (κ1) is 46.3. The molecule has 290 valence electrons. The van der Waals surface area contributed by atoms with Crippen LogP contribution in [0, 0.1) is 25.2 Å². The maximum absolute atomic E-state index is 13.0. The quantitative estimate of drug-likeness (QED) is 0.0818. The van der Waals surface area contributed by atoms with Crippen molar-refractivity contribution in [2.45, 2.75) is 118 Å². The number of alkyl halides is 5. The number of ketones is 1. The lowest BCUT2D eigenvalue weighted by atomic mass is 9.87. The molecule has 2 aromatic rings. The third-order valence-electron chi connectivity index (χ3n) is 8.46. The van der Waals surface area contributed by atoms with Crippen molar-refractivity contribution >= 4 is 17.2 Å². The van der Waals surface area contributed by atoms with Gasteiger partial charge in [0.2, 0.25) is 0 Å². The number of methoxy groups -OCH3 is 1. The first-order chi connectivity index (χ1) is 24.2. The highest BCUT2D eigenvalue weighted by atomic mass is 19.4. The van der Waals surface area contributed by atoms with Crippen LogP contribution in [0.15, 0.2) is 59.2 Å². The molecule has 2 unspecified atom stereocenters. The van der Waals surface area contributed by atoms with E-state index >= 15 is 0 Å². The fourth-order valence-corrected chi connectivity index (χ4v) is 5.93. The highest BCUT2D eigenvalue weighted by molar-refractivity contribution is 6.12. The number of terminal acetylenes is 1. The monoisotopic (exact) mass is 735 g/mol. The zero-order valence-electron chi connectivity index (χ0n) is 30.8. The second kappa shape index (κ2) is 23.0. The van der Waals surface area contributed by atoms with Crippen LogP contribution in [0.2, 0.25) is 0 Å². The molecule has 4 rings (SSSR count). The number of Topliss-reactive ketones (excluding diaryl/α,β-unsaturated/α-hetero) is 1. The van der Waals surface area contributed by atoms with E-state index in [1.54, 1.807) is 12.1 Å². The molecule has 0 aliphatic heterocycles. The summed E-state index contributed by atoms with van der Waals surface area (Å²) in [5, 5.41) is 9.20. The number of carbonyl (C=O) groups excluding carboxylic acids is 1. The van der Waals surface area contributed by atoms with Crippen LogP contribution in [0.3, 0.4) is 0 Å². The van der Waals surface area contributed by atoms with Crippen molar-refractivity contribution in [1.82, 2.24) is 5.32 Å². The van der Waals surface area contributed by atoms with Crippen LogP contribution in [0.5, 0.6) is 5.75 Å². The number of carbonyl (C=O) groups is 1. The minimum Gasteiger partial charge on any atom is -0.426 e. The number of nitrogens with one attached hydrogen (secondary N) is 1. The Bertz CT molecular complexity index is 1470. The molecule has 0 aromatic heterocycles. The Labute approximate surface area is 308 Å². The van der Waals surface area contributed by atoms with E-state index in [2.05, 4.69) is 66.1 Å². The SMILES string of the molecule is C.C#C/C(=N\N(CC)c1ccc(OC(F)(F)C(F)(F)F)cc1)C1=CCC(CNC)CC1.CCC.COCc1ccc(C)cc1C1CCCCC(=O)C1. The van der Waals surface area contributed by atoms with E-state index in [-0.39, 0.29) is 7.43 Å². The zero-order valence-corrected chi connectivity index (χ0v) is 30.8. The molecule has 2 aliphatic rings. The first-order valence-corrected chi connectivity index (χ1v) is 17.7. The summed E-state index contributed by atoms with van der Waals surface area (Å²) in [7, 11) is 3.63. The van der Waals surface area contributed by atoms with Gasteiger partial charge in [-0.2, -0.15) is 27.1 Å². The largest absolute Gasteiger partial charge is 0.499 e. The molecule has 0 saturated heterocycles. The molecule has 0 radical (unpaired) electrons. The van der Waals surface area contributed by atoms with Crippen molar-refractivity contribution in [3.63, 3.8) is 0 Å². The van der Waals surface area contributed by atoms with Gasteiger partial charge in [-0.3, -0.25) is 9.80 Å². The summed E-state index contributed by atoms with van der Waals surface area (Å²) < 4.78 is 72.0. The zero-order chi connectivity index (χ0) is 38.0. The van der Waals surface area contributed by atoms with Gasteiger partial charge in [0, 0.05) is 26.5 Å². The standard InChI is InChI=1S/C21H24F5N3O.C16H22O2.C3H8.CH4/c1-4-19(16-8-6-15(7-9-16)14-27-3)28-29(5-2)17-10-12-18(13-11-17)30-21(25,26)20(22,23)24;1-12-7-8-14(11-18-2)16(9-12)13-5-3-4-6-15(17)10-13;1-3-2;/h1,8,10-13,15,27H,5-7,9,14H2,2-3H3;7-9,13H,3-6,10-11H2,1-2H3;3H2,1-2H3;1H4/b28-19+;;;. The lowest BCUT2D eigenvalue weighted by Gasteiger charge is -2.23. The van der Waals surface area contributed by atoms with Gasteiger partial charge >= 0.3 is 12.3 Å². The molecule has 2 aliphatic carbocycles. The highest BCUT2D eigenvalue weighted by Crippen LogP contribution is 2.38. The first-order valence-electron chi connectivity index (χ1n) is 17.7. The molecule has 52 heavy (non-hydrogen) atoms. The molecule has 1 saturated carbocycles. The van der Waals surface area contributed by atoms with Crippen LogP contribution in [0.25, 0.3) is 0 Å². The minimum atomic E-state index is -5.80. The van der Waals surface area contributed by atoms with Crippen LogP contribution < -0.4 is 15.1 Å². The van der Waals surface area contributed by atoms with E-state index in [9.17, 15) is 26.7 Å². The van der Waals surface area contributed by atoms with Gasteiger partial charge in [-0.1, -0.05) is 64.0 Å². The van der Waals surface area contributed by atoms with Crippen molar-refractivity contribution in [2.75, 3.05) is 32.3 Å². The maximum Gasteiger partial charge on any atom is 0.499 e. The Morgan fingerprint density at radius 3 is 2.25 bits per heavy atom. The second-order valence-electron chi connectivity index (χ2n) is 12.9. The molecule has 0 amide bonds. The average molecular weight is 736 g/mol. The van der Waals surface area contributed by atoms with E-state index < -0.39 is 18.0 Å². The Kier molecular flexibility index (Phi) is 20.5. The van der Waals surface area contributed by atoms with E-state index in [4.69, 9.17) is 11.2 Å². The molecule has 2 aromatic carbocycles. The number of rotatable bonds is 11. The third-order valence-corrected chi connectivity index (χ3v) is 8.46. The summed E-state index contributed by atoms with van der Waals surface area (Å²) in [6, 6.07) is 11.3. The predicted octanol–water partition coefficient (Wildman–Crippen LogP) is 10.8. The predicted molar refractivity (Wildman–Crippen MR) is 202 cm³/mol. The summed E-state index contributed by atoms with van der Waals surface area (Å²) in [5.74, 6) is 3.34. The molecular weight excluding hydrogens is 677 g/mol. The summed E-state index contributed by atoms with van der Waals surface area (Å²) in [4.78, 5) is 11.8. The second-order valence-corrected chi connectivity index (χ2v) is 12.9. The molecule has 0 spiro atoms. The van der Waals surface area contributed by atoms with Crippen molar-refractivity contribution in [2.24, 2.45) is 11.0 Å². The average Bonchev–Trinajstić information content (AvgIpc) is 3.31. The lowest BCUT2D eigenvalue weighted by Crippen LogP contribution is -2.41. The Morgan fingerprint density at radius 1 is 1.04 bits per heavy atom. The van der Waals surface area contributed by atoms with Gasteiger partial charge in [0.15, 0.2) is 0 Å². The normalized spacial score (nSPS) is 17.8. The van der Waals surface area contributed by atoms with E-state index in [0.717, 1.165) is 69.2 Å². The summed E-state index contributed by atoms with van der Waals surface area (Å²) in [6.45, 7) is 10.2. The topological polar surface area (TPSA) is 63.2 Å². The number of ether oxygens (including phenoxy) is 2. The van der Waals surface area contributed by atoms with Gasteiger partial charge in [0.1, 0.15) is 17.2 Å². The number of anilines is 1. The van der Waals surface area contributed by atoms with Crippen molar-refractivity contribution in [1.29, 1.82) is 0 Å². The van der Waals surface area contributed by atoms with Crippen LogP contribution in [0.4, 0.5) is 27.6 Å². The Hall–Kier alpha value is -3.75. The molecule has 0 bridgehead atoms. The van der Waals surface area contributed by atoms with Gasteiger partial charge in [-0.05, 0) is 118 Å². The van der Waals surface area contributed by atoms with E-state index in [0.29, 0.717) is 48.6 Å². The molecule has 0 heterocycles. The highest BCUT2D eigenvalue weighted by Gasteiger charge is 2.61.